The standard InChI is InChI=1S/C12H19N3O3/c1-12(2,3)18-11(17)15(4)8-10(16)9-7-13-5-6-14-9/h5-7,10,16H,8H2,1-4H3/t10-/m1/s1. The number of aliphatic hydroxyl groups is 1. The van der Waals surface area contributed by atoms with Gasteiger partial charge in [0.05, 0.1) is 18.4 Å². The van der Waals surface area contributed by atoms with Gasteiger partial charge in [-0.2, -0.15) is 0 Å². The van der Waals surface area contributed by atoms with Crippen LogP contribution in [-0.4, -0.2) is 45.3 Å². The molecule has 0 aromatic carbocycles. The van der Waals surface area contributed by atoms with E-state index in [9.17, 15) is 9.90 Å². The first-order valence-corrected chi connectivity index (χ1v) is 5.67. The normalized spacial score (nSPS) is 12.9. The van der Waals surface area contributed by atoms with Crippen molar-refractivity contribution in [3.63, 3.8) is 0 Å². The molecular formula is C12H19N3O3. The van der Waals surface area contributed by atoms with Gasteiger partial charge in [0.15, 0.2) is 0 Å². The number of likely N-dealkylation sites (N-methyl/N-ethyl adjacent to an activating group) is 1. The van der Waals surface area contributed by atoms with Crippen LogP contribution in [0.1, 0.15) is 32.6 Å². The summed E-state index contributed by atoms with van der Waals surface area (Å²) >= 11 is 0. The third-order valence-corrected chi connectivity index (χ3v) is 2.08. The predicted octanol–water partition coefficient (Wildman–Crippen LogP) is 1.38. The van der Waals surface area contributed by atoms with Crippen molar-refractivity contribution in [1.29, 1.82) is 0 Å². The largest absolute Gasteiger partial charge is 0.444 e. The summed E-state index contributed by atoms with van der Waals surface area (Å²) in [5.41, 5.74) is -0.129. The van der Waals surface area contributed by atoms with Gasteiger partial charge in [-0.15, -0.1) is 0 Å². The van der Waals surface area contributed by atoms with Gasteiger partial charge in [0.25, 0.3) is 0 Å². The van der Waals surface area contributed by atoms with Gasteiger partial charge in [-0.25, -0.2) is 4.79 Å². The number of ether oxygens (including phenoxy) is 1. The molecule has 6 nitrogen and oxygen atoms in total. The molecule has 1 aromatic heterocycles. The molecule has 0 saturated carbocycles. The quantitative estimate of drug-likeness (QED) is 0.880. The summed E-state index contributed by atoms with van der Waals surface area (Å²) in [6, 6.07) is 0. The summed E-state index contributed by atoms with van der Waals surface area (Å²) in [5, 5.41) is 9.89. The molecule has 0 aliphatic rings. The lowest BCUT2D eigenvalue weighted by Crippen LogP contribution is -2.36. The Bertz CT molecular complexity index is 389. The molecule has 6 heteroatoms. The van der Waals surface area contributed by atoms with E-state index >= 15 is 0 Å². The zero-order chi connectivity index (χ0) is 13.8. The van der Waals surface area contributed by atoms with Gasteiger partial charge in [0, 0.05) is 19.4 Å². The van der Waals surface area contributed by atoms with Crippen molar-refractivity contribution in [1.82, 2.24) is 14.9 Å². The first-order chi connectivity index (χ1) is 8.29. The van der Waals surface area contributed by atoms with Crippen LogP contribution in [0.2, 0.25) is 0 Å². The number of nitrogens with zero attached hydrogens (tertiary/aromatic N) is 3. The molecule has 18 heavy (non-hydrogen) atoms. The molecule has 100 valence electrons. The fourth-order valence-corrected chi connectivity index (χ4v) is 1.25. The molecule has 0 aliphatic carbocycles. The number of aromatic nitrogens is 2. The van der Waals surface area contributed by atoms with Crippen molar-refractivity contribution in [3.05, 3.63) is 24.3 Å². The number of hydrogen-bond donors (Lipinski definition) is 1. The van der Waals surface area contributed by atoms with Crippen LogP contribution in [0.4, 0.5) is 4.79 Å². The van der Waals surface area contributed by atoms with E-state index in [0.717, 1.165) is 0 Å². The number of rotatable bonds is 3. The number of carbonyl (C=O) groups is 1. The highest BCUT2D eigenvalue weighted by atomic mass is 16.6. The summed E-state index contributed by atoms with van der Waals surface area (Å²) in [5.74, 6) is 0. The number of aliphatic hydroxyl groups excluding tert-OH is 1. The molecule has 0 spiro atoms. The van der Waals surface area contributed by atoms with E-state index in [1.54, 1.807) is 27.8 Å². The Morgan fingerprint density at radius 2 is 2.17 bits per heavy atom. The van der Waals surface area contributed by atoms with Crippen molar-refractivity contribution in [2.75, 3.05) is 13.6 Å². The maximum Gasteiger partial charge on any atom is 0.410 e. The maximum absolute atomic E-state index is 11.7. The molecule has 1 amide bonds. The highest BCUT2D eigenvalue weighted by Gasteiger charge is 2.22. The first-order valence-electron chi connectivity index (χ1n) is 5.67. The smallest absolute Gasteiger partial charge is 0.410 e. The van der Waals surface area contributed by atoms with Crippen LogP contribution in [0.5, 0.6) is 0 Å². The van der Waals surface area contributed by atoms with Gasteiger partial charge >= 0.3 is 6.09 Å². The summed E-state index contributed by atoms with van der Waals surface area (Å²) in [6.07, 6.45) is 3.12. The van der Waals surface area contributed by atoms with Gasteiger partial charge in [-0.3, -0.25) is 9.97 Å². The summed E-state index contributed by atoms with van der Waals surface area (Å²) in [6.45, 7) is 5.47. The molecule has 1 heterocycles. The van der Waals surface area contributed by atoms with Gasteiger partial charge in [0.2, 0.25) is 0 Å². The Kier molecular flexibility index (Phi) is 4.61. The van der Waals surface area contributed by atoms with Crippen LogP contribution in [0.15, 0.2) is 18.6 Å². The second-order valence-electron chi connectivity index (χ2n) is 5.01. The zero-order valence-corrected chi connectivity index (χ0v) is 11.1. The molecule has 1 atom stereocenters. The van der Waals surface area contributed by atoms with Crippen LogP contribution < -0.4 is 0 Å². The predicted molar refractivity (Wildman–Crippen MR) is 65.9 cm³/mol. The van der Waals surface area contributed by atoms with Gasteiger partial charge in [0.1, 0.15) is 11.7 Å². The molecule has 1 rings (SSSR count). The Morgan fingerprint density at radius 1 is 1.50 bits per heavy atom. The molecule has 0 unspecified atom stereocenters. The SMILES string of the molecule is CN(C[C@@H](O)c1cnccn1)C(=O)OC(C)(C)C. The Morgan fingerprint density at radius 3 is 2.67 bits per heavy atom. The van der Waals surface area contributed by atoms with Crippen molar-refractivity contribution >= 4 is 6.09 Å². The van der Waals surface area contributed by atoms with E-state index in [1.807, 2.05) is 0 Å². The van der Waals surface area contributed by atoms with Gasteiger partial charge in [-0.05, 0) is 20.8 Å². The van der Waals surface area contributed by atoms with Crippen LogP contribution in [-0.2, 0) is 4.74 Å². The van der Waals surface area contributed by atoms with E-state index in [4.69, 9.17) is 4.74 Å². The van der Waals surface area contributed by atoms with E-state index in [1.165, 1.54) is 23.5 Å². The third-order valence-electron chi connectivity index (χ3n) is 2.08. The fraction of sp³-hybridized carbons (Fsp3) is 0.583. The second kappa shape index (κ2) is 5.77. The fourth-order valence-electron chi connectivity index (χ4n) is 1.25. The average molecular weight is 253 g/mol. The number of carbonyl (C=O) groups excluding carboxylic acids is 1. The number of hydrogen-bond acceptors (Lipinski definition) is 5. The van der Waals surface area contributed by atoms with Gasteiger partial charge < -0.3 is 14.7 Å². The monoisotopic (exact) mass is 253 g/mol. The molecule has 0 bridgehead atoms. The lowest BCUT2D eigenvalue weighted by Gasteiger charge is -2.25. The second-order valence-corrected chi connectivity index (χ2v) is 5.01. The van der Waals surface area contributed by atoms with Crippen molar-refractivity contribution in [2.45, 2.75) is 32.5 Å². The Balaban J connectivity index is 2.55. The highest BCUT2D eigenvalue weighted by molar-refractivity contribution is 5.67. The molecular weight excluding hydrogens is 234 g/mol. The molecule has 0 fully saturated rings. The third kappa shape index (κ3) is 4.67. The zero-order valence-electron chi connectivity index (χ0n) is 11.1. The minimum absolute atomic E-state index is 0.105. The molecule has 0 saturated heterocycles. The van der Waals surface area contributed by atoms with Crippen molar-refractivity contribution in [2.24, 2.45) is 0 Å². The van der Waals surface area contributed by atoms with Crippen molar-refractivity contribution in [3.8, 4) is 0 Å². The lowest BCUT2D eigenvalue weighted by molar-refractivity contribution is 0.0201. The maximum atomic E-state index is 11.7. The van der Waals surface area contributed by atoms with Crippen LogP contribution in [0.25, 0.3) is 0 Å². The first kappa shape index (κ1) is 14.4. The minimum Gasteiger partial charge on any atom is -0.444 e. The average Bonchev–Trinajstić information content (AvgIpc) is 2.27. The van der Waals surface area contributed by atoms with Crippen molar-refractivity contribution < 1.29 is 14.6 Å². The van der Waals surface area contributed by atoms with E-state index in [-0.39, 0.29) is 6.54 Å². The number of amides is 1. The van der Waals surface area contributed by atoms with Crippen LogP contribution in [0, 0.1) is 0 Å². The van der Waals surface area contributed by atoms with E-state index in [0.29, 0.717) is 5.69 Å². The molecule has 0 aliphatic heterocycles. The van der Waals surface area contributed by atoms with E-state index < -0.39 is 17.8 Å². The topological polar surface area (TPSA) is 75.5 Å². The molecule has 1 aromatic rings. The summed E-state index contributed by atoms with van der Waals surface area (Å²) in [4.78, 5) is 20.8. The van der Waals surface area contributed by atoms with Crippen LogP contribution >= 0.6 is 0 Å². The highest BCUT2D eigenvalue weighted by Crippen LogP contribution is 2.13. The summed E-state index contributed by atoms with van der Waals surface area (Å²) in [7, 11) is 1.56. The molecule has 1 N–H and O–H groups in total. The van der Waals surface area contributed by atoms with Gasteiger partial charge in [-0.1, -0.05) is 0 Å². The van der Waals surface area contributed by atoms with Crippen LogP contribution in [0.3, 0.4) is 0 Å². The molecule has 0 radical (unpaired) electrons. The minimum atomic E-state index is -0.879. The Labute approximate surface area is 107 Å². The Hall–Kier alpha value is -1.69. The summed E-state index contributed by atoms with van der Waals surface area (Å²) < 4.78 is 5.18. The lowest BCUT2D eigenvalue weighted by atomic mass is 10.2. The van der Waals surface area contributed by atoms with E-state index in [2.05, 4.69) is 9.97 Å².